The number of carbonyl (C=O) groups excluding carboxylic acids is 2. The van der Waals surface area contributed by atoms with Crippen LogP contribution in [0.15, 0.2) is 42.5 Å². The van der Waals surface area contributed by atoms with E-state index in [9.17, 15) is 18.4 Å². The van der Waals surface area contributed by atoms with E-state index in [1.54, 1.807) is 12.1 Å². The summed E-state index contributed by atoms with van der Waals surface area (Å²) in [6, 6.07) is 10.3. The van der Waals surface area contributed by atoms with E-state index in [2.05, 4.69) is 10.2 Å². The molecule has 1 fully saturated rings. The smallest absolute Gasteiger partial charge is 0.255 e. The molecule has 1 aliphatic heterocycles. The third-order valence-corrected chi connectivity index (χ3v) is 4.75. The van der Waals surface area contributed by atoms with Crippen LogP contribution in [0.3, 0.4) is 0 Å². The van der Waals surface area contributed by atoms with Gasteiger partial charge in [0.05, 0.1) is 5.92 Å². The van der Waals surface area contributed by atoms with Crippen molar-refractivity contribution in [3.8, 4) is 0 Å². The van der Waals surface area contributed by atoms with E-state index in [1.165, 1.54) is 6.07 Å². The van der Waals surface area contributed by atoms with Crippen molar-refractivity contribution in [3.63, 3.8) is 0 Å². The van der Waals surface area contributed by atoms with Gasteiger partial charge in [0.2, 0.25) is 5.91 Å². The molecule has 2 aromatic carbocycles. The highest BCUT2D eigenvalue weighted by Gasteiger charge is 2.24. The van der Waals surface area contributed by atoms with Crippen molar-refractivity contribution in [1.82, 2.24) is 4.90 Å². The number of nitrogens with zero attached hydrogens (tertiary/aromatic N) is 1. The molecule has 1 heterocycles. The van der Waals surface area contributed by atoms with Crippen LogP contribution >= 0.6 is 0 Å². The minimum absolute atomic E-state index is 0.0375. The summed E-state index contributed by atoms with van der Waals surface area (Å²) in [7, 11) is 0. The van der Waals surface area contributed by atoms with Crippen LogP contribution in [0.4, 0.5) is 14.5 Å². The van der Waals surface area contributed by atoms with Gasteiger partial charge in [0.1, 0.15) is 0 Å². The van der Waals surface area contributed by atoms with Gasteiger partial charge in [0, 0.05) is 24.3 Å². The molecule has 2 aromatic rings. The normalized spacial score (nSPS) is 17.5. The lowest BCUT2D eigenvalue weighted by Gasteiger charge is -2.31. The van der Waals surface area contributed by atoms with Crippen molar-refractivity contribution in [2.75, 3.05) is 18.4 Å². The second-order valence-corrected chi connectivity index (χ2v) is 6.72. The van der Waals surface area contributed by atoms with E-state index < -0.39 is 17.5 Å². The van der Waals surface area contributed by atoms with E-state index in [1.807, 2.05) is 12.1 Å². The van der Waals surface area contributed by atoms with Crippen LogP contribution in [0, 0.1) is 17.6 Å². The van der Waals surface area contributed by atoms with Crippen LogP contribution in [0.5, 0.6) is 0 Å². The summed E-state index contributed by atoms with van der Waals surface area (Å²) in [6.07, 6.45) is 1.68. The van der Waals surface area contributed by atoms with E-state index >= 15 is 0 Å². The van der Waals surface area contributed by atoms with Crippen LogP contribution in [-0.4, -0.2) is 29.8 Å². The highest BCUT2D eigenvalue weighted by molar-refractivity contribution is 6.04. The number of amides is 2. The molecule has 1 aliphatic rings. The first-order chi connectivity index (χ1) is 12.9. The van der Waals surface area contributed by atoms with Crippen LogP contribution in [0.25, 0.3) is 0 Å². The fraction of sp³-hybridized carbons (Fsp3) is 0.300. The minimum atomic E-state index is -1.07. The zero-order valence-corrected chi connectivity index (χ0v) is 14.8. The first-order valence-corrected chi connectivity index (χ1v) is 8.80. The zero-order chi connectivity index (χ0) is 19.4. The molecule has 5 nitrogen and oxygen atoms in total. The van der Waals surface area contributed by atoms with Crippen molar-refractivity contribution in [2.24, 2.45) is 11.7 Å². The number of hydrogen-bond acceptors (Lipinski definition) is 3. The topological polar surface area (TPSA) is 75.4 Å². The lowest BCUT2D eigenvalue weighted by molar-refractivity contribution is -0.123. The highest BCUT2D eigenvalue weighted by Crippen LogP contribution is 2.23. The molecule has 27 heavy (non-hydrogen) atoms. The largest absolute Gasteiger partial charge is 0.369 e. The summed E-state index contributed by atoms with van der Waals surface area (Å²) in [5.74, 6) is -3.04. The molecule has 1 unspecified atom stereocenters. The Labute approximate surface area is 156 Å². The summed E-state index contributed by atoms with van der Waals surface area (Å²) in [5, 5.41) is 2.75. The van der Waals surface area contributed by atoms with Gasteiger partial charge in [-0.15, -0.1) is 0 Å². The Hall–Kier alpha value is -2.80. The molecule has 3 rings (SSSR count). The molecule has 1 saturated heterocycles. The van der Waals surface area contributed by atoms with Gasteiger partial charge in [-0.3, -0.25) is 14.5 Å². The molecular formula is C20H21F2N3O2. The van der Waals surface area contributed by atoms with E-state index in [0.29, 0.717) is 18.8 Å². The summed E-state index contributed by atoms with van der Waals surface area (Å²) < 4.78 is 26.4. The lowest BCUT2D eigenvalue weighted by atomic mass is 9.97. The number of hydrogen-bond donors (Lipinski definition) is 2. The Balaban J connectivity index is 1.73. The number of piperidine rings is 1. The van der Waals surface area contributed by atoms with Crippen molar-refractivity contribution in [2.45, 2.75) is 19.4 Å². The van der Waals surface area contributed by atoms with Gasteiger partial charge in [-0.1, -0.05) is 18.2 Å². The standard InChI is InChI=1S/C20H21F2N3O2/c21-16-8-7-13(10-17(16)22)20(27)24-18-6-2-1-4-14(18)11-25-9-3-5-15(12-25)19(23)26/h1-2,4,6-8,10,15H,3,5,9,11-12H2,(H2,23,26)(H,24,27). The quantitative estimate of drug-likeness (QED) is 0.846. The average Bonchev–Trinajstić information content (AvgIpc) is 2.65. The Bertz CT molecular complexity index is 857. The van der Waals surface area contributed by atoms with Gasteiger partial charge in [0.15, 0.2) is 11.6 Å². The SMILES string of the molecule is NC(=O)C1CCCN(Cc2ccccc2NC(=O)c2ccc(F)c(F)c2)C1. The van der Waals surface area contributed by atoms with E-state index in [4.69, 9.17) is 5.73 Å². The molecule has 0 bridgehead atoms. The maximum Gasteiger partial charge on any atom is 0.255 e. The summed E-state index contributed by atoms with van der Waals surface area (Å²) >= 11 is 0. The van der Waals surface area contributed by atoms with Crippen LogP contribution in [0.1, 0.15) is 28.8 Å². The number of nitrogens with two attached hydrogens (primary N) is 1. The van der Waals surface area contributed by atoms with Crippen LogP contribution in [-0.2, 0) is 11.3 Å². The predicted octanol–water partition coefficient (Wildman–Crippen LogP) is 2.91. The van der Waals surface area contributed by atoms with E-state index in [-0.39, 0.29) is 17.4 Å². The molecule has 1 atom stereocenters. The molecule has 7 heteroatoms. The van der Waals surface area contributed by atoms with Crippen molar-refractivity contribution in [3.05, 3.63) is 65.2 Å². The summed E-state index contributed by atoms with van der Waals surface area (Å²) in [6.45, 7) is 1.98. The Morgan fingerprint density at radius 2 is 1.93 bits per heavy atom. The number of anilines is 1. The fourth-order valence-corrected chi connectivity index (χ4v) is 3.28. The third-order valence-electron chi connectivity index (χ3n) is 4.75. The Morgan fingerprint density at radius 3 is 2.67 bits per heavy atom. The zero-order valence-electron chi connectivity index (χ0n) is 14.8. The molecule has 3 N–H and O–H groups in total. The van der Waals surface area contributed by atoms with Gasteiger partial charge in [0.25, 0.3) is 5.91 Å². The number of halogens is 2. The number of likely N-dealkylation sites (tertiary alicyclic amines) is 1. The Kier molecular flexibility index (Phi) is 5.81. The predicted molar refractivity (Wildman–Crippen MR) is 97.9 cm³/mol. The van der Waals surface area contributed by atoms with Gasteiger partial charge in [-0.05, 0) is 49.2 Å². The Morgan fingerprint density at radius 1 is 1.15 bits per heavy atom. The molecule has 0 radical (unpaired) electrons. The number of rotatable bonds is 5. The molecular weight excluding hydrogens is 352 g/mol. The molecule has 0 aromatic heterocycles. The maximum absolute atomic E-state index is 13.4. The molecule has 142 valence electrons. The molecule has 2 amide bonds. The number of primary amides is 1. The van der Waals surface area contributed by atoms with Crippen molar-refractivity contribution < 1.29 is 18.4 Å². The van der Waals surface area contributed by atoms with Gasteiger partial charge in [-0.2, -0.15) is 0 Å². The monoisotopic (exact) mass is 373 g/mol. The fourth-order valence-electron chi connectivity index (χ4n) is 3.28. The average molecular weight is 373 g/mol. The summed E-state index contributed by atoms with van der Waals surface area (Å²) in [4.78, 5) is 26.0. The minimum Gasteiger partial charge on any atom is -0.369 e. The maximum atomic E-state index is 13.4. The number of para-hydroxylation sites is 1. The second kappa shape index (κ2) is 8.26. The number of carbonyl (C=O) groups is 2. The van der Waals surface area contributed by atoms with Gasteiger partial charge < -0.3 is 11.1 Å². The number of benzene rings is 2. The van der Waals surface area contributed by atoms with Crippen LogP contribution < -0.4 is 11.1 Å². The first-order valence-electron chi connectivity index (χ1n) is 8.80. The first kappa shape index (κ1) is 19.0. The number of nitrogens with one attached hydrogen (secondary N) is 1. The highest BCUT2D eigenvalue weighted by atomic mass is 19.2. The van der Waals surface area contributed by atoms with E-state index in [0.717, 1.165) is 37.1 Å². The summed E-state index contributed by atoms with van der Waals surface area (Å²) in [5.41, 5.74) is 6.93. The molecule has 0 aliphatic carbocycles. The van der Waals surface area contributed by atoms with Crippen LogP contribution in [0.2, 0.25) is 0 Å². The molecule has 0 spiro atoms. The lowest BCUT2D eigenvalue weighted by Crippen LogP contribution is -2.40. The third kappa shape index (κ3) is 4.68. The van der Waals surface area contributed by atoms with Crippen molar-refractivity contribution in [1.29, 1.82) is 0 Å². The van der Waals surface area contributed by atoms with Crippen molar-refractivity contribution >= 4 is 17.5 Å². The van der Waals surface area contributed by atoms with Gasteiger partial charge in [-0.25, -0.2) is 8.78 Å². The second-order valence-electron chi connectivity index (χ2n) is 6.72. The molecule has 0 saturated carbocycles. The van der Waals surface area contributed by atoms with Gasteiger partial charge >= 0.3 is 0 Å².